The molecule has 0 aliphatic carbocycles. The van der Waals surface area contributed by atoms with E-state index < -0.39 is 5.41 Å². The number of hydrogen-bond acceptors (Lipinski definition) is 5. The zero-order chi connectivity index (χ0) is 23.3. The van der Waals surface area contributed by atoms with E-state index in [1.807, 2.05) is 31.2 Å². The number of carbonyl (C=O) groups is 2. The summed E-state index contributed by atoms with van der Waals surface area (Å²) in [5, 5.41) is 2.98. The predicted molar refractivity (Wildman–Crippen MR) is 126 cm³/mol. The SMILES string of the molecule is CCNC(=O)C1(Cc2ccc(-c3ccccc3OC)cc2)CCN(C(=O)c2cnccn2)C1. The molecule has 0 spiro atoms. The first-order valence-electron chi connectivity index (χ1n) is 11.1. The average molecular weight is 445 g/mol. The number of aromatic nitrogens is 2. The lowest BCUT2D eigenvalue weighted by molar-refractivity contribution is -0.130. The van der Waals surface area contributed by atoms with Crippen molar-refractivity contribution in [1.82, 2.24) is 20.2 Å². The van der Waals surface area contributed by atoms with Crippen molar-refractivity contribution in [3.05, 3.63) is 78.4 Å². The standard InChI is InChI=1S/C26H28N4O3/c1-3-28-25(32)26(12-15-30(18-26)24(31)22-17-27-13-14-29-22)16-19-8-10-20(11-9-19)21-6-4-5-7-23(21)33-2/h4-11,13-14,17H,3,12,15-16,18H2,1-2H3,(H,28,32). The van der Waals surface area contributed by atoms with E-state index in [4.69, 9.17) is 4.74 Å². The second-order valence-electron chi connectivity index (χ2n) is 8.28. The second kappa shape index (κ2) is 9.81. The molecule has 1 fully saturated rings. The summed E-state index contributed by atoms with van der Waals surface area (Å²) in [6.45, 7) is 3.31. The van der Waals surface area contributed by atoms with E-state index in [0.717, 1.165) is 22.4 Å². The first kappa shape index (κ1) is 22.5. The minimum atomic E-state index is -0.681. The highest BCUT2D eigenvalue weighted by Gasteiger charge is 2.46. The first-order valence-corrected chi connectivity index (χ1v) is 11.1. The first-order chi connectivity index (χ1) is 16.1. The maximum atomic E-state index is 13.2. The van der Waals surface area contributed by atoms with Crippen molar-refractivity contribution in [3.63, 3.8) is 0 Å². The van der Waals surface area contributed by atoms with Gasteiger partial charge in [-0.25, -0.2) is 4.98 Å². The lowest BCUT2D eigenvalue weighted by atomic mass is 9.79. The largest absolute Gasteiger partial charge is 0.496 e. The third kappa shape index (κ3) is 4.72. The van der Waals surface area contributed by atoms with Gasteiger partial charge in [-0.1, -0.05) is 42.5 Å². The third-order valence-electron chi connectivity index (χ3n) is 6.16. The van der Waals surface area contributed by atoms with E-state index in [2.05, 4.69) is 39.6 Å². The quantitative estimate of drug-likeness (QED) is 0.604. The smallest absolute Gasteiger partial charge is 0.274 e. The van der Waals surface area contributed by atoms with Crippen LogP contribution in [0.25, 0.3) is 11.1 Å². The summed E-state index contributed by atoms with van der Waals surface area (Å²) in [5.74, 6) is 0.604. The van der Waals surface area contributed by atoms with Crippen molar-refractivity contribution in [2.75, 3.05) is 26.7 Å². The summed E-state index contributed by atoms with van der Waals surface area (Å²) in [4.78, 5) is 35.9. The van der Waals surface area contributed by atoms with Crippen LogP contribution in [0.15, 0.2) is 67.1 Å². The fourth-order valence-electron chi connectivity index (χ4n) is 4.45. The molecule has 0 bridgehead atoms. The number of ether oxygens (including phenoxy) is 1. The molecule has 4 rings (SSSR count). The van der Waals surface area contributed by atoms with E-state index in [1.54, 1.807) is 12.0 Å². The van der Waals surface area contributed by atoms with Crippen molar-refractivity contribution in [2.45, 2.75) is 19.8 Å². The van der Waals surface area contributed by atoms with Crippen LogP contribution in [-0.4, -0.2) is 53.4 Å². The van der Waals surface area contributed by atoms with Crippen molar-refractivity contribution in [1.29, 1.82) is 0 Å². The Bertz CT molecular complexity index is 1120. The van der Waals surface area contributed by atoms with Crippen LogP contribution in [0.5, 0.6) is 5.75 Å². The molecule has 2 heterocycles. The highest BCUT2D eigenvalue weighted by atomic mass is 16.5. The minimum absolute atomic E-state index is 0.0201. The average Bonchev–Trinajstić information content (AvgIpc) is 3.30. The Hall–Kier alpha value is -3.74. The Morgan fingerprint density at radius 3 is 2.61 bits per heavy atom. The van der Waals surface area contributed by atoms with Gasteiger partial charge in [-0.15, -0.1) is 0 Å². The lowest BCUT2D eigenvalue weighted by Crippen LogP contribution is -2.45. The molecule has 7 nitrogen and oxygen atoms in total. The van der Waals surface area contributed by atoms with E-state index in [9.17, 15) is 9.59 Å². The van der Waals surface area contributed by atoms with Gasteiger partial charge in [0.25, 0.3) is 5.91 Å². The van der Waals surface area contributed by atoms with Crippen LogP contribution in [-0.2, 0) is 11.2 Å². The molecule has 1 aliphatic rings. The number of carbonyl (C=O) groups excluding carboxylic acids is 2. The van der Waals surface area contributed by atoms with Gasteiger partial charge in [0.05, 0.1) is 18.7 Å². The Kier molecular flexibility index (Phi) is 6.68. The summed E-state index contributed by atoms with van der Waals surface area (Å²) in [7, 11) is 1.66. The number of amides is 2. The fourth-order valence-corrected chi connectivity index (χ4v) is 4.45. The second-order valence-corrected chi connectivity index (χ2v) is 8.28. The maximum absolute atomic E-state index is 13.2. The van der Waals surface area contributed by atoms with E-state index in [0.29, 0.717) is 38.2 Å². The van der Waals surface area contributed by atoms with Gasteiger partial charge in [0, 0.05) is 37.6 Å². The van der Waals surface area contributed by atoms with Gasteiger partial charge < -0.3 is 15.0 Å². The molecule has 3 aromatic rings. The fraction of sp³-hybridized carbons (Fsp3) is 0.308. The topological polar surface area (TPSA) is 84.4 Å². The van der Waals surface area contributed by atoms with Crippen molar-refractivity contribution < 1.29 is 14.3 Å². The molecule has 33 heavy (non-hydrogen) atoms. The van der Waals surface area contributed by atoms with Gasteiger partial charge in [-0.05, 0) is 37.0 Å². The number of methoxy groups -OCH3 is 1. The summed E-state index contributed by atoms with van der Waals surface area (Å²) >= 11 is 0. The Morgan fingerprint density at radius 2 is 1.91 bits per heavy atom. The normalized spacial score (nSPS) is 17.6. The summed E-state index contributed by atoms with van der Waals surface area (Å²) in [6, 6.07) is 16.1. The molecule has 1 atom stereocenters. The lowest BCUT2D eigenvalue weighted by Gasteiger charge is -2.28. The monoisotopic (exact) mass is 444 g/mol. The zero-order valence-electron chi connectivity index (χ0n) is 19.0. The number of nitrogens with zero attached hydrogens (tertiary/aromatic N) is 3. The van der Waals surface area contributed by atoms with Gasteiger partial charge in [0.15, 0.2) is 0 Å². The Balaban J connectivity index is 1.56. The molecule has 7 heteroatoms. The van der Waals surface area contributed by atoms with Crippen LogP contribution >= 0.6 is 0 Å². The van der Waals surface area contributed by atoms with Crippen LogP contribution < -0.4 is 10.1 Å². The van der Waals surface area contributed by atoms with E-state index >= 15 is 0 Å². The molecule has 1 saturated heterocycles. The number of rotatable bonds is 7. The van der Waals surface area contributed by atoms with Gasteiger partial charge in [0.1, 0.15) is 11.4 Å². The minimum Gasteiger partial charge on any atom is -0.496 e. The molecule has 0 saturated carbocycles. The summed E-state index contributed by atoms with van der Waals surface area (Å²) in [5.41, 5.74) is 2.74. The highest BCUT2D eigenvalue weighted by molar-refractivity contribution is 5.93. The summed E-state index contributed by atoms with van der Waals surface area (Å²) < 4.78 is 5.48. The third-order valence-corrected chi connectivity index (χ3v) is 6.16. The molecule has 2 amide bonds. The molecular formula is C26H28N4O3. The van der Waals surface area contributed by atoms with Crippen molar-refractivity contribution in [3.8, 4) is 16.9 Å². The maximum Gasteiger partial charge on any atom is 0.274 e. The molecule has 170 valence electrons. The van der Waals surface area contributed by atoms with Crippen LogP contribution in [0.1, 0.15) is 29.4 Å². The molecular weight excluding hydrogens is 416 g/mol. The van der Waals surface area contributed by atoms with Crippen LogP contribution in [0.3, 0.4) is 0 Å². The predicted octanol–water partition coefficient (Wildman–Crippen LogP) is 3.36. The number of para-hydroxylation sites is 1. The van der Waals surface area contributed by atoms with E-state index in [-0.39, 0.29) is 11.8 Å². The number of likely N-dealkylation sites (tertiary alicyclic amines) is 1. The Morgan fingerprint density at radius 1 is 1.12 bits per heavy atom. The van der Waals surface area contributed by atoms with Gasteiger partial charge in [-0.3, -0.25) is 14.6 Å². The molecule has 0 radical (unpaired) electrons. The number of hydrogen-bond donors (Lipinski definition) is 1. The van der Waals surface area contributed by atoms with Gasteiger partial charge >= 0.3 is 0 Å². The zero-order valence-corrected chi connectivity index (χ0v) is 19.0. The number of nitrogens with one attached hydrogen (secondary N) is 1. The highest BCUT2D eigenvalue weighted by Crippen LogP contribution is 2.36. The number of benzene rings is 2. The molecule has 1 aromatic heterocycles. The van der Waals surface area contributed by atoms with Crippen LogP contribution in [0, 0.1) is 5.41 Å². The molecule has 1 unspecified atom stereocenters. The Labute approximate surface area is 193 Å². The summed E-state index contributed by atoms with van der Waals surface area (Å²) in [6.07, 6.45) is 5.65. The van der Waals surface area contributed by atoms with E-state index in [1.165, 1.54) is 18.6 Å². The molecule has 1 N–H and O–H groups in total. The van der Waals surface area contributed by atoms with Gasteiger partial charge in [0.2, 0.25) is 5.91 Å². The molecule has 2 aromatic carbocycles. The molecule has 1 aliphatic heterocycles. The van der Waals surface area contributed by atoms with Crippen molar-refractivity contribution in [2.24, 2.45) is 5.41 Å². The van der Waals surface area contributed by atoms with Crippen LogP contribution in [0.4, 0.5) is 0 Å². The van der Waals surface area contributed by atoms with Gasteiger partial charge in [-0.2, -0.15) is 0 Å². The van der Waals surface area contributed by atoms with Crippen molar-refractivity contribution >= 4 is 11.8 Å². The van der Waals surface area contributed by atoms with Crippen LogP contribution in [0.2, 0.25) is 0 Å².